The van der Waals surface area contributed by atoms with Crippen LogP contribution in [0, 0.1) is 0 Å². The first-order chi connectivity index (χ1) is 12.6. The van der Waals surface area contributed by atoms with Crippen LogP contribution in [0.4, 0.5) is 5.69 Å². The first kappa shape index (κ1) is 17.1. The van der Waals surface area contributed by atoms with Gasteiger partial charge in [-0.25, -0.2) is 0 Å². The number of nitrogens with one attached hydrogen (secondary N) is 1. The average Bonchev–Trinajstić information content (AvgIpc) is 3.09. The van der Waals surface area contributed by atoms with Crippen LogP contribution >= 0.6 is 11.8 Å². The third-order valence-corrected chi connectivity index (χ3v) is 5.83. The summed E-state index contributed by atoms with van der Waals surface area (Å²) >= 11 is 1.69. The van der Waals surface area contributed by atoms with E-state index >= 15 is 0 Å². The molecule has 4 rings (SSSR count). The van der Waals surface area contributed by atoms with Gasteiger partial charge in [0.15, 0.2) is 0 Å². The fourth-order valence-electron chi connectivity index (χ4n) is 3.61. The first-order valence-corrected chi connectivity index (χ1v) is 9.76. The zero-order chi connectivity index (χ0) is 18.3. The summed E-state index contributed by atoms with van der Waals surface area (Å²) in [6.45, 7) is 0.444. The Hall–Kier alpha value is -2.31. The molecule has 5 nitrogen and oxygen atoms in total. The molecule has 2 aliphatic rings. The van der Waals surface area contributed by atoms with Gasteiger partial charge in [0.25, 0.3) is 5.91 Å². The summed E-state index contributed by atoms with van der Waals surface area (Å²) in [4.78, 5) is 28.4. The quantitative estimate of drug-likeness (QED) is 0.845. The molecular formula is C20H20N2O3S. The number of hydrogen-bond acceptors (Lipinski definition) is 4. The third-order valence-electron chi connectivity index (χ3n) is 5.09. The summed E-state index contributed by atoms with van der Waals surface area (Å²) < 4.78 is 5.37. The molecule has 0 aromatic heterocycles. The Labute approximate surface area is 156 Å². The highest BCUT2D eigenvalue weighted by Gasteiger charge is 2.42. The van der Waals surface area contributed by atoms with E-state index in [0.29, 0.717) is 24.2 Å². The Kier molecular flexibility index (Phi) is 4.46. The normalized spacial score (nSPS) is 21.8. The Morgan fingerprint density at radius 1 is 1.12 bits per heavy atom. The highest BCUT2D eigenvalue weighted by atomic mass is 32.2. The van der Waals surface area contributed by atoms with Crippen molar-refractivity contribution in [2.45, 2.75) is 23.5 Å². The summed E-state index contributed by atoms with van der Waals surface area (Å²) in [6, 6.07) is 13.4. The summed E-state index contributed by atoms with van der Waals surface area (Å²) in [6.07, 6.45) is 2.47. The summed E-state index contributed by atoms with van der Waals surface area (Å²) in [5.41, 5.74) is 3.11. The Balaban J connectivity index is 1.72. The minimum atomic E-state index is -0.468. The topological polar surface area (TPSA) is 58.6 Å². The van der Waals surface area contributed by atoms with Crippen LogP contribution in [-0.2, 0) is 9.53 Å². The van der Waals surface area contributed by atoms with Crippen molar-refractivity contribution in [1.82, 2.24) is 4.90 Å². The maximum absolute atomic E-state index is 13.1. The summed E-state index contributed by atoms with van der Waals surface area (Å²) in [7, 11) is 1.61. The van der Waals surface area contributed by atoms with Gasteiger partial charge < -0.3 is 15.0 Å². The van der Waals surface area contributed by atoms with Gasteiger partial charge >= 0.3 is 0 Å². The third kappa shape index (κ3) is 2.89. The SMILES string of the molecule is COC1CC2C(=O)Nc3ccc(-c4ccc(SC)cc4)cc3C(=O)N2C1. The molecule has 6 heteroatoms. The van der Waals surface area contributed by atoms with Crippen LogP contribution < -0.4 is 5.32 Å². The molecular weight excluding hydrogens is 348 g/mol. The molecule has 26 heavy (non-hydrogen) atoms. The van der Waals surface area contributed by atoms with Crippen molar-refractivity contribution in [2.24, 2.45) is 0 Å². The van der Waals surface area contributed by atoms with Crippen molar-refractivity contribution >= 4 is 29.3 Å². The second-order valence-electron chi connectivity index (χ2n) is 6.54. The smallest absolute Gasteiger partial charge is 0.256 e. The number of anilines is 1. The monoisotopic (exact) mass is 368 g/mol. The Bertz CT molecular complexity index is 866. The minimum Gasteiger partial charge on any atom is -0.380 e. The van der Waals surface area contributed by atoms with E-state index in [1.165, 1.54) is 4.90 Å². The fraction of sp³-hybridized carbons (Fsp3) is 0.300. The van der Waals surface area contributed by atoms with Crippen molar-refractivity contribution in [3.05, 3.63) is 48.0 Å². The van der Waals surface area contributed by atoms with E-state index in [0.717, 1.165) is 11.1 Å². The maximum atomic E-state index is 13.1. The number of ether oxygens (including phenoxy) is 1. The van der Waals surface area contributed by atoms with Gasteiger partial charge in [-0.2, -0.15) is 0 Å². The summed E-state index contributed by atoms with van der Waals surface area (Å²) in [5.74, 6) is -0.265. The lowest BCUT2D eigenvalue weighted by atomic mass is 10.0. The number of hydrogen-bond donors (Lipinski definition) is 1. The van der Waals surface area contributed by atoms with Crippen LogP contribution in [0.3, 0.4) is 0 Å². The highest BCUT2D eigenvalue weighted by molar-refractivity contribution is 7.98. The number of rotatable bonds is 3. The van der Waals surface area contributed by atoms with Gasteiger partial charge in [-0.05, 0) is 41.6 Å². The van der Waals surface area contributed by atoms with E-state index in [1.807, 2.05) is 36.6 Å². The number of methoxy groups -OCH3 is 1. The van der Waals surface area contributed by atoms with Gasteiger partial charge in [-0.15, -0.1) is 11.8 Å². The van der Waals surface area contributed by atoms with E-state index in [9.17, 15) is 9.59 Å². The predicted octanol–water partition coefficient (Wildman–Crippen LogP) is 3.26. The molecule has 0 bridgehead atoms. The molecule has 2 aromatic carbocycles. The largest absolute Gasteiger partial charge is 0.380 e. The lowest BCUT2D eigenvalue weighted by Crippen LogP contribution is -2.40. The number of carbonyl (C=O) groups excluding carboxylic acids is 2. The number of nitrogens with zero attached hydrogens (tertiary/aromatic N) is 1. The van der Waals surface area contributed by atoms with Crippen molar-refractivity contribution in [3.63, 3.8) is 0 Å². The molecule has 1 N–H and O–H groups in total. The molecule has 2 aromatic rings. The van der Waals surface area contributed by atoms with E-state index in [-0.39, 0.29) is 17.9 Å². The molecule has 2 amide bonds. The standard InChI is InChI=1S/C20H20N2O3S/c1-25-14-10-18-19(23)21-17-8-5-13(9-16(17)20(24)22(18)11-14)12-3-6-15(26-2)7-4-12/h3-9,14,18H,10-11H2,1-2H3,(H,21,23). The van der Waals surface area contributed by atoms with Crippen LogP contribution in [0.25, 0.3) is 11.1 Å². The van der Waals surface area contributed by atoms with E-state index in [1.54, 1.807) is 23.8 Å². The van der Waals surface area contributed by atoms with Gasteiger partial charge in [0.1, 0.15) is 6.04 Å². The zero-order valence-corrected chi connectivity index (χ0v) is 15.5. The van der Waals surface area contributed by atoms with E-state index in [2.05, 4.69) is 17.4 Å². The van der Waals surface area contributed by atoms with Crippen molar-refractivity contribution in [1.29, 1.82) is 0 Å². The Morgan fingerprint density at radius 2 is 1.85 bits per heavy atom. The number of amides is 2. The number of carbonyl (C=O) groups is 2. The molecule has 2 aliphatic heterocycles. The molecule has 0 spiro atoms. The summed E-state index contributed by atoms with van der Waals surface area (Å²) in [5, 5.41) is 2.91. The van der Waals surface area contributed by atoms with Gasteiger partial charge in [0, 0.05) is 25.0 Å². The molecule has 2 heterocycles. The number of benzene rings is 2. The highest BCUT2D eigenvalue weighted by Crippen LogP contribution is 2.33. The lowest BCUT2D eigenvalue weighted by Gasteiger charge is -2.20. The lowest BCUT2D eigenvalue weighted by molar-refractivity contribution is -0.119. The van der Waals surface area contributed by atoms with Crippen molar-refractivity contribution < 1.29 is 14.3 Å². The van der Waals surface area contributed by atoms with Crippen molar-refractivity contribution in [3.8, 4) is 11.1 Å². The van der Waals surface area contributed by atoms with Gasteiger partial charge in [0.05, 0.1) is 17.4 Å². The van der Waals surface area contributed by atoms with Crippen LogP contribution in [0.1, 0.15) is 16.8 Å². The Morgan fingerprint density at radius 3 is 2.54 bits per heavy atom. The van der Waals surface area contributed by atoms with E-state index < -0.39 is 6.04 Å². The van der Waals surface area contributed by atoms with Crippen LogP contribution in [0.15, 0.2) is 47.4 Å². The molecule has 2 atom stereocenters. The van der Waals surface area contributed by atoms with Crippen LogP contribution in [-0.4, -0.2) is 48.8 Å². The predicted molar refractivity (Wildman–Crippen MR) is 103 cm³/mol. The molecule has 134 valence electrons. The molecule has 1 fully saturated rings. The van der Waals surface area contributed by atoms with Gasteiger partial charge in [-0.3, -0.25) is 9.59 Å². The maximum Gasteiger partial charge on any atom is 0.256 e. The first-order valence-electron chi connectivity index (χ1n) is 8.54. The fourth-order valence-corrected chi connectivity index (χ4v) is 4.01. The molecule has 0 radical (unpaired) electrons. The number of thioether (sulfide) groups is 1. The zero-order valence-electron chi connectivity index (χ0n) is 14.7. The molecule has 1 saturated heterocycles. The van der Waals surface area contributed by atoms with Gasteiger partial charge in [-0.1, -0.05) is 18.2 Å². The minimum absolute atomic E-state index is 0.0986. The van der Waals surface area contributed by atoms with Crippen molar-refractivity contribution in [2.75, 3.05) is 25.2 Å². The molecule has 2 unspecified atom stereocenters. The van der Waals surface area contributed by atoms with Crippen LogP contribution in [0.2, 0.25) is 0 Å². The van der Waals surface area contributed by atoms with Gasteiger partial charge in [0.2, 0.25) is 5.91 Å². The second-order valence-corrected chi connectivity index (χ2v) is 7.42. The van der Waals surface area contributed by atoms with E-state index in [4.69, 9.17) is 4.74 Å². The van der Waals surface area contributed by atoms with Crippen LogP contribution in [0.5, 0.6) is 0 Å². The number of fused-ring (bicyclic) bond motifs is 2. The average molecular weight is 368 g/mol. The molecule has 0 aliphatic carbocycles. The second kappa shape index (κ2) is 6.78. The molecule has 0 saturated carbocycles.